The number of methoxy groups -OCH3 is 1. The number of carbonyl (C=O) groups is 3. The molecule has 2 aromatic rings. The van der Waals surface area contributed by atoms with Crippen LogP contribution in [0.3, 0.4) is 0 Å². The molecular weight excluding hydrogens is 498 g/mol. The van der Waals surface area contributed by atoms with E-state index in [-0.39, 0.29) is 25.5 Å². The highest BCUT2D eigenvalue weighted by Gasteiger charge is 2.24. The summed E-state index contributed by atoms with van der Waals surface area (Å²) in [5.41, 5.74) is 3.18. The Kier molecular flexibility index (Phi) is 12.0. The third-order valence-corrected chi connectivity index (χ3v) is 6.69. The number of aryl methyl sites for hydroxylation is 2. The van der Waals surface area contributed by atoms with E-state index < -0.39 is 18.1 Å². The zero-order chi connectivity index (χ0) is 28.0. The fraction of sp³-hybridized carbons (Fsp3) is 0.517. The van der Waals surface area contributed by atoms with E-state index >= 15 is 0 Å². The number of fused-ring (bicyclic) bond motifs is 1. The smallest absolute Gasteiger partial charge is 0.408 e. The second kappa shape index (κ2) is 15.7. The van der Waals surface area contributed by atoms with Gasteiger partial charge in [0.15, 0.2) is 0 Å². The number of unbranched alkanes of at least 4 members (excludes halogenated alkanes) is 1. The van der Waals surface area contributed by atoms with Gasteiger partial charge in [0.25, 0.3) is 0 Å². The molecule has 0 radical (unpaired) electrons. The van der Waals surface area contributed by atoms with E-state index in [1.54, 1.807) is 19.0 Å². The number of carbonyl (C=O) groups excluding carboxylic acids is 3. The van der Waals surface area contributed by atoms with Crippen molar-refractivity contribution in [2.24, 2.45) is 0 Å². The molecule has 3 rings (SSSR count). The Bertz CT molecular complexity index is 1080. The van der Waals surface area contributed by atoms with Crippen LogP contribution in [-0.2, 0) is 38.5 Å². The molecule has 0 fully saturated rings. The van der Waals surface area contributed by atoms with E-state index in [0.717, 1.165) is 55.7 Å². The third-order valence-electron chi connectivity index (χ3n) is 6.69. The van der Waals surface area contributed by atoms with E-state index in [9.17, 15) is 14.4 Å². The number of hydrogen-bond donors (Lipinski definition) is 2. The van der Waals surface area contributed by atoms with Crippen molar-refractivity contribution in [1.82, 2.24) is 20.1 Å². The van der Waals surface area contributed by atoms with E-state index in [2.05, 4.69) is 22.8 Å². The fourth-order valence-electron chi connectivity index (χ4n) is 4.36. The number of aromatic nitrogens is 1. The number of pyridine rings is 1. The van der Waals surface area contributed by atoms with Gasteiger partial charge in [0.1, 0.15) is 18.5 Å². The maximum Gasteiger partial charge on any atom is 0.408 e. The number of alkyl carbamates (subject to hydrolysis) is 1. The molecule has 10 nitrogen and oxygen atoms in total. The Morgan fingerprint density at radius 1 is 1.08 bits per heavy atom. The number of likely N-dealkylation sites (N-methyl/N-ethyl adjacent to an activating group) is 1. The van der Waals surface area contributed by atoms with Crippen LogP contribution in [0.25, 0.3) is 0 Å². The van der Waals surface area contributed by atoms with E-state index in [1.807, 2.05) is 35.2 Å². The van der Waals surface area contributed by atoms with Gasteiger partial charge in [0.05, 0.1) is 13.7 Å². The SMILES string of the molecule is COC(=O)[C@H](CCN(CCCCc1ccc2c(n1)NCCC2)CC(=O)N(C)C)NC(=O)OCc1ccccc1. The summed E-state index contributed by atoms with van der Waals surface area (Å²) in [5.74, 6) is 0.417. The van der Waals surface area contributed by atoms with Gasteiger partial charge in [-0.1, -0.05) is 36.4 Å². The van der Waals surface area contributed by atoms with Crippen molar-refractivity contribution in [3.63, 3.8) is 0 Å². The van der Waals surface area contributed by atoms with Crippen molar-refractivity contribution in [3.05, 3.63) is 59.3 Å². The molecule has 1 aromatic heterocycles. The number of anilines is 1. The van der Waals surface area contributed by atoms with Gasteiger partial charge in [-0.2, -0.15) is 0 Å². The Morgan fingerprint density at radius 2 is 1.87 bits per heavy atom. The fourth-order valence-corrected chi connectivity index (χ4v) is 4.36. The number of nitrogens with zero attached hydrogens (tertiary/aromatic N) is 3. The van der Waals surface area contributed by atoms with E-state index in [0.29, 0.717) is 13.1 Å². The van der Waals surface area contributed by atoms with E-state index in [1.165, 1.54) is 12.7 Å². The first-order chi connectivity index (χ1) is 18.9. The molecule has 0 saturated heterocycles. The second-order valence-corrected chi connectivity index (χ2v) is 9.93. The van der Waals surface area contributed by atoms with Crippen LogP contribution in [0.2, 0.25) is 0 Å². The first kappa shape index (κ1) is 29.9. The summed E-state index contributed by atoms with van der Waals surface area (Å²) in [4.78, 5) is 45.5. The standard InChI is InChI=1S/C29H41N5O5/c1-33(2)26(35)20-34(18-8-7-13-24-15-14-23-12-9-17-30-27(23)31-24)19-16-25(28(36)38-3)32-29(37)39-21-22-10-5-4-6-11-22/h4-6,10-11,14-15,25H,7-9,12-13,16-21H2,1-3H3,(H,30,31)(H,32,37)/t25-/m0/s1. The van der Waals surface area contributed by atoms with Gasteiger partial charge in [0, 0.05) is 32.9 Å². The van der Waals surface area contributed by atoms with Gasteiger partial charge in [-0.25, -0.2) is 14.6 Å². The molecule has 2 heterocycles. The quantitative estimate of drug-likeness (QED) is 0.278. The molecule has 1 aliphatic rings. The molecule has 212 valence electrons. The molecule has 0 bridgehead atoms. The lowest BCUT2D eigenvalue weighted by molar-refractivity contribution is -0.143. The van der Waals surface area contributed by atoms with Gasteiger partial charge in [-0.05, 0) is 62.3 Å². The summed E-state index contributed by atoms with van der Waals surface area (Å²) >= 11 is 0. The molecule has 1 atom stereocenters. The van der Waals surface area contributed by atoms with Crippen LogP contribution in [0.1, 0.15) is 42.5 Å². The van der Waals surface area contributed by atoms with Gasteiger partial charge in [0.2, 0.25) is 5.91 Å². The maximum absolute atomic E-state index is 12.5. The van der Waals surface area contributed by atoms with Crippen molar-refractivity contribution < 1.29 is 23.9 Å². The molecule has 0 unspecified atom stereocenters. The van der Waals surface area contributed by atoms with Crippen molar-refractivity contribution in [2.75, 3.05) is 52.7 Å². The first-order valence-electron chi connectivity index (χ1n) is 13.6. The minimum Gasteiger partial charge on any atom is -0.467 e. The van der Waals surface area contributed by atoms with E-state index in [4.69, 9.17) is 14.5 Å². The van der Waals surface area contributed by atoms with Crippen LogP contribution in [0.4, 0.5) is 10.6 Å². The van der Waals surface area contributed by atoms with Gasteiger partial charge < -0.3 is 25.0 Å². The normalized spacial score (nSPS) is 13.1. The molecule has 2 N–H and O–H groups in total. The predicted octanol–water partition coefficient (Wildman–Crippen LogP) is 3.01. The zero-order valence-corrected chi connectivity index (χ0v) is 23.3. The van der Waals surface area contributed by atoms with Crippen molar-refractivity contribution in [1.29, 1.82) is 0 Å². The number of amides is 2. The molecule has 0 spiro atoms. The van der Waals surface area contributed by atoms with Crippen molar-refractivity contribution in [3.8, 4) is 0 Å². The highest BCUT2D eigenvalue weighted by Crippen LogP contribution is 2.20. The number of benzene rings is 1. The zero-order valence-electron chi connectivity index (χ0n) is 23.3. The number of ether oxygens (including phenoxy) is 2. The molecule has 0 saturated carbocycles. The van der Waals surface area contributed by atoms with Gasteiger partial charge in [-0.15, -0.1) is 0 Å². The van der Waals surface area contributed by atoms with Gasteiger partial charge >= 0.3 is 12.1 Å². The number of rotatable bonds is 14. The average molecular weight is 540 g/mol. The van der Waals surface area contributed by atoms with Crippen molar-refractivity contribution in [2.45, 2.75) is 51.2 Å². The summed E-state index contributed by atoms with van der Waals surface area (Å²) in [6, 6.07) is 12.7. The molecule has 2 amide bonds. The molecule has 1 aliphatic heterocycles. The van der Waals surface area contributed by atoms with Crippen LogP contribution in [0.15, 0.2) is 42.5 Å². The minimum atomic E-state index is -0.887. The maximum atomic E-state index is 12.5. The number of nitrogens with one attached hydrogen (secondary N) is 2. The molecule has 1 aromatic carbocycles. The Morgan fingerprint density at radius 3 is 2.62 bits per heavy atom. The third kappa shape index (κ3) is 10.2. The predicted molar refractivity (Wildman–Crippen MR) is 149 cm³/mol. The molecule has 10 heteroatoms. The van der Waals surface area contributed by atoms with Crippen LogP contribution < -0.4 is 10.6 Å². The van der Waals surface area contributed by atoms with Crippen LogP contribution in [-0.4, -0.2) is 86.2 Å². The lowest BCUT2D eigenvalue weighted by Crippen LogP contribution is -2.45. The van der Waals surface area contributed by atoms with Gasteiger partial charge in [-0.3, -0.25) is 9.69 Å². The average Bonchev–Trinajstić information content (AvgIpc) is 2.95. The minimum absolute atomic E-state index is 0.0257. The molecule has 0 aliphatic carbocycles. The number of hydrogen-bond acceptors (Lipinski definition) is 8. The summed E-state index contributed by atoms with van der Waals surface area (Å²) in [6.45, 7) is 2.39. The Labute approximate surface area is 231 Å². The largest absolute Gasteiger partial charge is 0.467 e. The lowest BCUT2D eigenvalue weighted by atomic mass is 10.1. The summed E-state index contributed by atoms with van der Waals surface area (Å²) < 4.78 is 10.2. The monoisotopic (exact) mass is 539 g/mol. The lowest BCUT2D eigenvalue weighted by Gasteiger charge is -2.25. The van der Waals surface area contributed by atoms with Crippen LogP contribution >= 0.6 is 0 Å². The second-order valence-electron chi connectivity index (χ2n) is 9.93. The number of esters is 1. The highest BCUT2D eigenvalue weighted by atomic mass is 16.6. The highest BCUT2D eigenvalue weighted by molar-refractivity contribution is 5.81. The van der Waals surface area contributed by atoms with Crippen LogP contribution in [0, 0.1) is 0 Å². The van der Waals surface area contributed by atoms with Crippen molar-refractivity contribution >= 4 is 23.8 Å². The molecule has 39 heavy (non-hydrogen) atoms. The topological polar surface area (TPSA) is 113 Å². The van der Waals surface area contributed by atoms with Crippen LogP contribution in [0.5, 0.6) is 0 Å². The summed E-state index contributed by atoms with van der Waals surface area (Å²) in [5, 5.41) is 5.99. The summed E-state index contributed by atoms with van der Waals surface area (Å²) in [6.07, 6.45) is 4.42. The Hall–Kier alpha value is -3.66. The first-order valence-corrected chi connectivity index (χ1v) is 13.6. The summed E-state index contributed by atoms with van der Waals surface area (Å²) in [7, 11) is 4.72. The molecular formula is C29H41N5O5. The Balaban J connectivity index is 1.51.